The van der Waals surface area contributed by atoms with E-state index in [0.717, 1.165) is 24.1 Å². The standard InChI is InChI=1S/C21H22N2O2/c24-18-11-7-15-23(16-18)21(25)19-12-4-5-13-20(19)22-14-6-10-17-8-2-1-3-9-17/h1-5,8-9,12-13,18,22,24H,7,11,14-16H2/t18-/m0/s1. The Hall–Kier alpha value is -2.77. The van der Waals surface area contributed by atoms with Crippen LogP contribution in [0.15, 0.2) is 54.6 Å². The largest absolute Gasteiger partial charge is 0.391 e. The fourth-order valence-electron chi connectivity index (χ4n) is 2.94. The van der Waals surface area contributed by atoms with Crippen LogP contribution in [0.5, 0.6) is 0 Å². The molecule has 1 saturated heterocycles. The van der Waals surface area contributed by atoms with Crippen molar-refractivity contribution in [2.45, 2.75) is 18.9 Å². The van der Waals surface area contributed by atoms with Crippen LogP contribution in [0.4, 0.5) is 5.69 Å². The molecule has 1 heterocycles. The van der Waals surface area contributed by atoms with Crippen molar-refractivity contribution in [3.05, 3.63) is 65.7 Å². The highest BCUT2D eigenvalue weighted by Gasteiger charge is 2.24. The van der Waals surface area contributed by atoms with Gasteiger partial charge in [0.2, 0.25) is 0 Å². The van der Waals surface area contributed by atoms with Gasteiger partial charge in [-0.1, -0.05) is 42.2 Å². The lowest BCUT2D eigenvalue weighted by molar-refractivity contribution is 0.0474. The SMILES string of the molecule is O=C(c1ccccc1NCC#Cc1ccccc1)N1CCC[C@H](O)C1. The van der Waals surface area contributed by atoms with E-state index in [-0.39, 0.29) is 5.91 Å². The van der Waals surface area contributed by atoms with Crippen molar-refractivity contribution < 1.29 is 9.90 Å². The first kappa shape index (κ1) is 17.1. The summed E-state index contributed by atoms with van der Waals surface area (Å²) in [7, 11) is 0. The average molecular weight is 334 g/mol. The van der Waals surface area contributed by atoms with Crippen LogP contribution in [-0.4, -0.2) is 41.7 Å². The first-order chi connectivity index (χ1) is 12.2. The summed E-state index contributed by atoms with van der Waals surface area (Å²) in [5, 5.41) is 13.0. The Balaban J connectivity index is 1.66. The summed E-state index contributed by atoms with van der Waals surface area (Å²) in [5.74, 6) is 6.13. The van der Waals surface area contributed by atoms with Crippen molar-refractivity contribution >= 4 is 11.6 Å². The number of anilines is 1. The minimum absolute atomic E-state index is 0.0436. The van der Waals surface area contributed by atoms with E-state index in [1.807, 2.05) is 54.6 Å². The highest BCUT2D eigenvalue weighted by molar-refractivity contribution is 5.99. The second-order valence-electron chi connectivity index (χ2n) is 6.11. The third-order valence-corrected chi connectivity index (χ3v) is 4.21. The molecule has 0 spiro atoms. The Bertz CT molecular complexity index is 777. The van der Waals surface area contributed by atoms with Crippen molar-refractivity contribution in [1.29, 1.82) is 0 Å². The molecule has 4 nitrogen and oxygen atoms in total. The van der Waals surface area contributed by atoms with E-state index < -0.39 is 6.10 Å². The van der Waals surface area contributed by atoms with Gasteiger partial charge in [0.1, 0.15) is 0 Å². The van der Waals surface area contributed by atoms with E-state index in [1.165, 1.54) is 0 Å². The van der Waals surface area contributed by atoms with E-state index in [1.54, 1.807) is 4.90 Å². The molecule has 0 aliphatic carbocycles. The Kier molecular flexibility index (Phi) is 5.71. The summed E-state index contributed by atoms with van der Waals surface area (Å²) < 4.78 is 0. The lowest BCUT2D eigenvalue weighted by atomic mass is 10.1. The number of aliphatic hydroxyl groups is 1. The maximum atomic E-state index is 12.8. The molecule has 1 atom stereocenters. The molecule has 128 valence electrons. The fraction of sp³-hybridized carbons (Fsp3) is 0.286. The zero-order chi connectivity index (χ0) is 17.5. The zero-order valence-corrected chi connectivity index (χ0v) is 14.1. The predicted octanol–water partition coefficient (Wildman–Crippen LogP) is 2.75. The minimum atomic E-state index is -0.422. The third kappa shape index (κ3) is 4.62. The summed E-state index contributed by atoms with van der Waals surface area (Å²) >= 11 is 0. The van der Waals surface area contributed by atoms with E-state index >= 15 is 0 Å². The molecule has 2 aromatic carbocycles. The number of carbonyl (C=O) groups is 1. The Morgan fingerprint density at radius 2 is 1.92 bits per heavy atom. The normalized spacial score (nSPS) is 16.7. The van der Waals surface area contributed by atoms with E-state index in [0.29, 0.717) is 25.2 Å². The number of hydrogen-bond donors (Lipinski definition) is 2. The van der Waals surface area contributed by atoms with Gasteiger partial charge in [0, 0.05) is 24.3 Å². The Morgan fingerprint density at radius 1 is 1.16 bits per heavy atom. The summed E-state index contributed by atoms with van der Waals surface area (Å²) in [6.45, 7) is 1.56. The van der Waals surface area contributed by atoms with Gasteiger partial charge in [-0.2, -0.15) is 0 Å². The maximum absolute atomic E-state index is 12.8. The molecule has 25 heavy (non-hydrogen) atoms. The van der Waals surface area contributed by atoms with Crippen molar-refractivity contribution in [1.82, 2.24) is 4.90 Å². The van der Waals surface area contributed by atoms with Crippen molar-refractivity contribution in [2.75, 3.05) is 25.0 Å². The van der Waals surface area contributed by atoms with Gasteiger partial charge in [-0.05, 0) is 37.1 Å². The summed E-state index contributed by atoms with van der Waals surface area (Å²) in [6, 6.07) is 17.3. The molecule has 1 aliphatic heterocycles. The second-order valence-corrected chi connectivity index (χ2v) is 6.11. The molecule has 1 aliphatic rings. The monoisotopic (exact) mass is 334 g/mol. The van der Waals surface area contributed by atoms with E-state index in [2.05, 4.69) is 17.2 Å². The molecule has 0 bridgehead atoms. The van der Waals surface area contributed by atoms with Gasteiger partial charge < -0.3 is 15.3 Å². The third-order valence-electron chi connectivity index (χ3n) is 4.21. The molecule has 0 saturated carbocycles. The number of nitrogens with zero attached hydrogens (tertiary/aromatic N) is 1. The van der Waals surface area contributed by atoms with Gasteiger partial charge in [0.05, 0.1) is 18.2 Å². The number of para-hydroxylation sites is 1. The quantitative estimate of drug-likeness (QED) is 0.849. The molecule has 3 rings (SSSR count). The van der Waals surface area contributed by atoms with Crippen LogP contribution < -0.4 is 5.32 Å². The van der Waals surface area contributed by atoms with Crippen LogP contribution in [0.2, 0.25) is 0 Å². The fourth-order valence-corrected chi connectivity index (χ4v) is 2.94. The first-order valence-corrected chi connectivity index (χ1v) is 8.58. The molecular weight excluding hydrogens is 312 g/mol. The van der Waals surface area contributed by atoms with Gasteiger partial charge in [-0.15, -0.1) is 0 Å². The number of aliphatic hydroxyl groups excluding tert-OH is 1. The number of β-amino-alcohol motifs (C(OH)–C–C–N with tert-alkyl or cyclic N) is 1. The van der Waals surface area contributed by atoms with Crippen molar-refractivity contribution in [3.63, 3.8) is 0 Å². The second kappa shape index (κ2) is 8.36. The van der Waals surface area contributed by atoms with Gasteiger partial charge in [0.25, 0.3) is 5.91 Å². The molecule has 4 heteroatoms. The smallest absolute Gasteiger partial charge is 0.256 e. The van der Waals surface area contributed by atoms with Gasteiger partial charge in [-0.3, -0.25) is 4.79 Å². The zero-order valence-electron chi connectivity index (χ0n) is 14.1. The summed E-state index contributed by atoms with van der Waals surface area (Å²) in [4.78, 5) is 14.5. The minimum Gasteiger partial charge on any atom is -0.391 e. The van der Waals surface area contributed by atoms with E-state index in [4.69, 9.17) is 0 Å². The Labute approximate surface area is 148 Å². The molecule has 0 radical (unpaired) electrons. The van der Waals surface area contributed by atoms with Gasteiger partial charge >= 0.3 is 0 Å². The van der Waals surface area contributed by atoms with Crippen LogP contribution in [0.1, 0.15) is 28.8 Å². The molecule has 0 aromatic heterocycles. The highest BCUT2D eigenvalue weighted by atomic mass is 16.3. The number of hydrogen-bond acceptors (Lipinski definition) is 3. The van der Waals surface area contributed by atoms with Crippen LogP contribution in [0, 0.1) is 11.8 Å². The predicted molar refractivity (Wildman–Crippen MR) is 99.4 cm³/mol. The maximum Gasteiger partial charge on any atom is 0.256 e. The Morgan fingerprint density at radius 3 is 2.72 bits per heavy atom. The number of carbonyl (C=O) groups excluding carboxylic acids is 1. The van der Waals surface area contributed by atoms with Crippen molar-refractivity contribution in [3.8, 4) is 11.8 Å². The van der Waals surface area contributed by atoms with Crippen LogP contribution >= 0.6 is 0 Å². The molecule has 0 unspecified atom stereocenters. The number of nitrogens with one attached hydrogen (secondary N) is 1. The average Bonchev–Trinajstić information content (AvgIpc) is 2.66. The van der Waals surface area contributed by atoms with Crippen LogP contribution in [0.25, 0.3) is 0 Å². The lowest BCUT2D eigenvalue weighted by Gasteiger charge is -2.30. The first-order valence-electron chi connectivity index (χ1n) is 8.58. The molecular formula is C21H22N2O2. The van der Waals surface area contributed by atoms with Crippen LogP contribution in [0.3, 0.4) is 0 Å². The van der Waals surface area contributed by atoms with Crippen LogP contribution in [-0.2, 0) is 0 Å². The molecule has 2 aromatic rings. The summed E-state index contributed by atoms with van der Waals surface area (Å²) in [5.41, 5.74) is 2.36. The van der Waals surface area contributed by atoms with Gasteiger partial charge in [0.15, 0.2) is 0 Å². The molecule has 2 N–H and O–H groups in total. The van der Waals surface area contributed by atoms with Gasteiger partial charge in [-0.25, -0.2) is 0 Å². The van der Waals surface area contributed by atoms with Crippen molar-refractivity contribution in [2.24, 2.45) is 0 Å². The summed E-state index contributed by atoms with van der Waals surface area (Å²) in [6.07, 6.45) is 1.18. The lowest BCUT2D eigenvalue weighted by Crippen LogP contribution is -2.42. The molecule has 1 amide bonds. The number of amides is 1. The number of benzene rings is 2. The number of piperidine rings is 1. The number of likely N-dealkylation sites (tertiary alicyclic amines) is 1. The highest BCUT2D eigenvalue weighted by Crippen LogP contribution is 2.20. The topological polar surface area (TPSA) is 52.6 Å². The van der Waals surface area contributed by atoms with E-state index in [9.17, 15) is 9.90 Å². The molecule has 1 fully saturated rings. The number of rotatable bonds is 3.